The van der Waals surface area contributed by atoms with Gasteiger partial charge in [-0.1, -0.05) is 105 Å². The normalized spacial score (nSPS) is 10.9. The highest BCUT2D eigenvalue weighted by atomic mass is 79.9. The SMILES string of the molecule is CCCCCCCCCCCCCC(=O)NCC(=O)N/N=C\c1cc(Br)ccc1OC(=O)c1ccccc1C. The molecule has 0 saturated heterocycles. The Kier molecular flexibility index (Phi) is 15.8. The van der Waals surface area contributed by atoms with Gasteiger partial charge in [-0.15, -0.1) is 0 Å². The Hall–Kier alpha value is -3.00. The number of hydrogen-bond donors (Lipinski definition) is 2. The highest BCUT2D eigenvalue weighted by Crippen LogP contribution is 2.23. The quantitative estimate of drug-likeness (QED) is 0.0620. The van der Waals surface area contributed by atoms with Gasteiger partial charge < -0.3 is 10.1 Å². The van der Waals surface area contributed by atoms with Crippen LogP contribution in [-0.4, -0.2) is 30.5 Å². The summed E-state index contributed by atoms with van der Waals surface area (Å²) in [6.07, 6.45) is 15.3. The topological polar surface area (TPSA) is 96.9 Å². The van der Waals surface area contributed by atoms with Crippen LogP contribution in [0.25, 0.3) is 0 Å². The van der Waals surface area contributed by atoms with Crippen LogP contribution in [0.5, 0.6) is 5.75 Å². The average Bonchev–Trinajstić information content (AvgIpc) is 2.92. The number of esters is 1. The molecule has 8 heteroatoms. The molecule has 0 aromatic heterocycles. The summed E-state index contributed by atoms with van der Waals surface area (Å²) in [4.78, 5) is 36.8. The molecule has 0 atom stereocenters. The lowest BCUT2D eigenvalue weighted by Gasteiger charge is -2.09. The lowest BCUT2D eigenvalue weighted by atomic mass is 10.1. The van der Waals surface area contributed by atoms with Crippen molar-refractivity contribution in [2.24, 2.45) is 5.10 Å². The van der Waals surface area contributed by atoms with Crippen molar-refractivity contribution in [1.29, 1.82) is 0 Å². The first-order valence-corrected chi connectivity index (χ1v) is 14.9. The Bertz CT molecular complexity index is 1090. The van der Waals surface area contributed by atoms with Gasteiger partial charge in [0.25, 0.3) is 5.91 Å². The number of ether oxygens (including phenoxy) is 1. The lowest BCUT2D eigenvalue weighted by Crippen LogP contribution is -2.34. The predicted molar refractivity (Wildman–Crippen MR) is 160 cm³/mol. The molecule has 2 rings (SSSR count). The van der Waals surface area contributed by atoms with Gasteiger partial charge in [-0.25, -0.2) is 10.2 Å². The van der Waals surface area contributed by atoms with Crippen molar-refractivity contribution < 1.29 is 19.1 Å². The Morgan fingerprint density at radius 1 is 0.872 bits per heavy atom. The summed E-state index contributed by atoms with van der Waals surface area (Å²) in [6, 6.07) is 12.3. The third-order valence-corrected chi connectivity index (χ3v) is 6.88. The van der Waals surface area contributed by atoms with Crippen LogP contribution in [0.1, 0.15) is 105 Å². The van der Waals surface area contributed by atoms with E-state index >= 15 is 0 Å². The minimum atomic E-state index is -0.477. The number of nitrogens with one attached hydrogen (secondary N) is 2. The van der Waals surface area contributed by atoms with Gasteiger partial charge in [0.2, 0.25) is 5.91 Å². The summed E-state index contributed by atoms with van der Waals surface area (Å²) in [6.45, 7) is 3.93. The van der Waals surface area contributed by atoms with E-state index in [-0.39, 0.29) is 12.5 Å². The molecule has 0 saturated carbocycles. The first-order chi connectivity index (χ1) is 18.9. The van der Waals surface area contributed by atoms with Crippen molar-refractivity contribution >= 4 is 39.9 Å². The minimum absolute atomic E-state index is 0.137. The first kappa shape index (κ1) is 32.2. The van der Waals surface area contributed by atoms with E-state index in [4.69, 9.17) is 4.74 Å². The van der Waals surface area contributed by atoms with E-state index in [1.54, 1.807) is 30.3 Å². The number of benzene rings is 2. The fourth-order valence-electron chi connectivity index (χ4n) is 4.10. The number of nitrogens with zero attached hydrogens (tertiary/aromatic N) is 1. The van der Waals surface area contributed by atoms with E-state index < -0.39 is 11.9 Å². The van der Waals surface area contributed by atoms with E-state index in [1.807, 2.05) is 19.1 Å². The Labute approximate surface area is 241 Å². The van der Waals surface area contributed by atoms with E-state index in [0.29, 0.717) is 23.3 Å². The van der Waals surface area contributed by atoms with Crippen molar-refractivity contribution in [2.45, 2.75) is 90.9 Å². The molecule has 0 spiro atoms. The molecule has 39 heavy (non-hydrogen) atoms. The third kappa shape index (κ3) is 13.6. The van der Waals surface area contributed by atoms with E-state index in [9.17, 15) is 14.4 Å². The molecule has 2 aromatic rings. The Morgan fingerprint density at radius 3 is 2.18 bits per heavy atom. The summed E-state index contributed by atoms with van der Waals surface area (Å²) >= 11 is 3.40. The first-order valence-electron chi connectivity index (χ1n) is 14.1. The average molecular weight is 601 g/mol. The molecule has 2 aromatic carbocycles. The molecule has 0 bridgehead atoms. The third-order valence-electron chi connectivity index (χ3n) is 6.39. The van der Waals surface area contributed by atoms with Crippen LogP contribution in [-0.2, 0) is 9.59 Å². The van der Waals surface area contributed by atoms with Crippen LogP contribution in [0.15, 0.2) is 52.0 Å². The van der Waals surface area contributed by atoms with E-state index in [0.717, 1.165) is 29.3 Å². The second-order valence-corrected chi connectivity index (χ2v) is 10.7. The second kappa shape index (κ2) is 19.1. The van der Waals surface area contributed by atoms with Crippen molar-refractivity contribution in [1.82, 2.24) is 10.7 Å². The molecule has 0 fully saturated rings. The highest BCUT2D eigenvalue weighted by Gasteiger charge is 2.13. The molecule has 212 valence electrons. The number of unbranched alkanes of at least 4 members (excludes halogenated alkanes) is 10. The molecule has 0 radical (unpaired) electrons. The molecule has 0 heterocycles. The molecule has 2 amide bonds. The lowest BCUT2D eigenvalue weighted by molar-refractivity contribution is -0.126. The summed E-state index contributed by atoms with van der Waals surface area (Å²) < 4.78 is 6.34. The monoisotopic (exact) mass is 599 g/mol. The van der Waals surface area contributed by atoms with Gasteiger partial charge in [0.1, 0.15) is 5.75 Å². The number of amides is 2. The van der Waals surface area contributed by atoms with Crippen LogP contribution in [0.3, 0.4) is 0 Å². The zero-order chi connectivity index (χ0) is 28.3. The van der Waals surface area contributed by atoms with E-state index in [1.165, 1.54) is 57.6 Å². The fraction of sp³-hybridized carbons (Fsp3) is 0.484. The predicted octanol–water partition coefficient (Wildman–Crippen LogP) is 7.24. The molecular formula is C31H42BrN3O4. The Balaban J connectivity index is 1.66. The van der Waals surface area contributed by atoms with E-state index in [2.05, 4.69) is 38.7 Å². The van der Waals surface area contributed by atoms with Crippen molar-refractivity contribution in [3.63, 3.8) is 0 Å². The van der Waals surface area contributed by atoms with Gasteiger partial charge in [-0.3, -0.25) is 9.59 Å². The molecular weight excluding hydrogens is 558 g/mol. The molecule has 7 nitrogen and oxygen atoms in total. The van der Waals surface area contributed by atoms with Gasteiger partial charge in [-0.2, -0.15) is 5.10 Å². The molecule has 0 unspecified atom stereocenters. The van der Waals surface area contributed by atoms with Gasteiger partial charge in [0.05, 0.1) is 18.3 Å². The smallest absolute Gasteiger partial charge is 0.343 e. The number of rotatable bonds is 18. The van der Waals surface area contributed by atoms with Gasteiger partial charge in [-0.05, 0) is 43.2 Å². The summed E-state index contributed by atoms with van der Waals surface area (Å²) in [5, 5.41) is 6.60. The summed E-state index contributed by atoms with van der Waals surface area (Å²) in [5.41, 5.74) is 4.19. The number of hydrogen-bond acceptors (Lipinski definition) is 5. The van der Waals surface area contributed by atoms with Crippen LogP contribution < -0.4 is 15.5 Å². The van der Waals surface area contributed by atoms with Crippen molar-refractivity contribution in [3.05, 3.63) is 63.6 Å². The maximum absolute atomic E-state index is 12.6. The molecule has 0 aliphatic rings. The summed E-state index contributed by atoms with van der Waals surface area (Å²) in [5.74, 6) is -0.742. The minimum Gasteiger partial charge on any atom is -0.422 e. The van der Waals surface area contributed by atoms with Crippen molar-refractivity contribution in [2.75, 3.05) is 6.54 Å². The number of aryl methyl sites for hydroxylation is 1. The number of hydrazone groups is 1. The zero-order valence-corrected chi connectivity index (χ0v) is 24.9. The number of halogens is 1. The van der Waals surface area contributed by atoms with Gasteiger partial charge >= 0.3 is 5.97 Å². The summed E-state index contributed by atoms with van der Waals surface area (Å²) in [7, 11) is 0. The highest BCUT2D eigenvalue weighted by molar-refractivity contribution is 9.10. The fourth-order valence-corrected chi connectivity index (χ4v) is 4.48. The van der Waals surface area contributed by atoms with Gasteiger partial charge in [0.15, 0.2) is 0 Å². The molecule has 0 aliphatic heterocycles. The Morgan fingerprint density at radius 2 is 1.51 bits per heavy atom. The standard InChI is InChI=1S/C31H42BrN3O4/c1-3-4-5-6-7-8-9-10-11-12-13-18-29(36)33-23-30(37)35-34-22-25-21-26(32)19-20-28(25)39-31(38)27-17-15-14-16-24(27)2/h14-17,19-22H,3-13,18,23H2,1-2H3,(H,33,36)(H,35,37)/b34-22-. The maximum atomic E-state index is 12.6. The molecule has 0 aliphatic carbocycles. The van der Waals surface area contributed by atoms with Crippen LogP contribution >= 0.6 is 15.9 Å². The van der Waals surface area contributed by atoms with Crippen LogP contribution in [0.4, 0.5) is 0 Å². The number of carbonyl (C=O) groups is 3. The van der Waals surface area contributed by atoms with Gasteiger partial charge in [0, 0.05) is 16.5 Å². The number of carbonyl (C=O) groups excluding carboxylic acids is 3. The van der Waals surface area contributed by atoms with Crippen LogP contribution in [0.2, 0.25) is 0 Å². The van der Waals surface area contributed by atoms with Crippen LogP contribution in [0, 0.1) is 6.92 Å². The second-order valence-electron chi connectivity index (χ2n) is 9.74. The van der Waals surface area contributed by atoms with Crippen molar-refractivity contribution in [3.8, 4) is 5.75 Å². The maximum Gasteiger partial charge on any atom is 0.343 e. The largest absolute Gasteiger partial charge is 0.422 e. The zero-order valence-electron chi connectivity index (χ0n) is 23.3. The molecule has 2 N–H and O–H groups in total.